The lowest BCUT2D eigenvalue weighted by Gasteiger charge is -2.15. The molecule has 170 valence electrons. The third-order valence-corrected chi connectivity index (χ3v) is 5.85. The summed E-state index contributed by atoms with van der Waals surface area (Å²) in [6, 6.07) is 19.1. The molecule has 0 amide bonds. The van der Waals surface area contributed by atoms with Crippen LogP contribution in [0.3, 0.4) is 0 Å². The van der Waals surface area contributed by atoms with Crippen LogP contribution in [0.4, 0.5) is 0 Å². The summed E-state index contributed by atoms with van der Waals surface area (Å²) in [4.78, 5) is 0. The number of para-hydroxylation sites is 1. The van der Waals surface area contributed by atoms with Gasteiger partial charge >= 0.3 is 0 Å². The Bertz CT molecular complexity index is 1190. The number of aliphatic hydroxyl groups is 1. The monoisotopic (exact) mass is 463 g/mol. The molecule has 4 aromatic rings. The molecule has 2 heterocycles. The van der Waals surface area contributed by atoms with E-state index < -0.39 is 6.10 Å². The van der Waals surface area contributed by atoms with Gasteiger partial charge in [-0.2, -0.15) is 0 Å². The van der Waals surface area contributed by atoms with E-state index in [1.165, 1.54) is 11.8 Å². The Labute approximate surface area is 196 Å². The SMILES string of the molecule is C/C=C/c1ccc(OCC(O)CSc2nnc(-c3ccco3)n2-c2ccccc2)c(OC)c1. The number of ether oxygens (including phenoxy) is 2. The maximum atomic E-state index is 10.6. The van der Waals surface area contributed by atoms with E-state index in [1.807, 2.05) is 84.3 Å². The summed E-state index contributed by atoms with van der Waals surface area (Å²) < 4.78 is 18.7. The Kier molecular flexibility index (Phi) is 7.49. The second-order valence-corrected chi connectivity index (χ2v) is 8.13. The Balaban J connectivity index is 1.44. The van der Waals surface area contributed by atoms with E-state index in [4.69, 9.17) is 13.9 Å². The first-order valence-electron chi connectivity index (χ1n) is 10.5. The van der Waals surface area contributed by atoms with Crippen LogP contribution in [0.25, 0.3) is 23.3 Å². The average molecular weight is 464 g/mol. The van der Waals surface area contributed by atoms with Crippen LogP contribution < -0.4 is 9.47 Å². The highest BCUT2D eigenvalue weighted by Crippen LogP contribution is 2.30. The summed E-state index contributed by atoms with van der Waals surface area (Å²) >= 11 is 1.40. The number of aromatic nitrogens is 3. The van der Waals surface area contributed by atoms with Gasteiger partial charge in [0, 0.05) is 11.4 Å². The number of furan rings is 1. The maximum Gasteiger partial charge on any atom is 0.205 e. The van der Waals surface area contributed by atoms with Gasteiger partial charge in [-0.25, -0.2) is 0 Å². The van der Waals surface area contributed by atoms with E-state index in [0.717, 1.165) is 11.3 Å². The van der Waals surface area contributed by atoms with Gasteiger partial charge in [0.2, 0.25) is 5.82 Å². The van der Waals surface area contributed by atoms with Crippen molar-refractivity contribution in [3.63, 3.8) is 0 Å². The van der Waals surface area contributed by atoms with Crippen LogP contribution in [0.5, 0.6) is 11.5 Å². The molecule has 33 heavy (non-hydrogen) atoms. The van der Waals surface area contributed by atoms with Gasteiger partial charge in [-0.15, -0.1) is 10.2 Å². The first-order chi connectivity index (χ1) is 16.2. The van der Waals surface area contributed by atoms with Gasteiger partial charge in [0.15, 0.2) is 22.4 Å². The van der Waals surface area contributed by atoms with Crippen molar-refractivity contribution in [1.29, 1.82) is 0 Å². The second-order valence-electron chi connectivity index (χ2n) is 7.14. The first-order valence-corrected chi connectivity index (χ1v) is 11.5. The van der Waals surface area contributed by atoms with Crippen molar-refractivity contribution in [3.05, 3.63) is 78.6 Å². The zero-order valence-corrected chi connectivity index (χ0v) is 19.2. The summed E-state index contributed by atoms with van der Waals surface area (Å²) in [6.07, 6.45) is 4.83. The number of rotatable bonds is 10. The van der Waals surface area contributed by atoms with Crippen molar-refractivity contribution >= 4 is 17.8 Å². The van der Waals surface area contributed by atoms with Crippen LogP contribution in [0.2, 0.25) is 0 Å². The molecule has 2 aromatic carbocycles. The Morgan fingerprint density at radius 3 is 2.67 bits per heavy atom. The molecule has 0 fully saturated rings. The highest BCUT2D eigenvalue weighted by molar-refractivity contribution is 7.99. The van der Waals surface area contributed by atoms with Crippen molar-refractivity contribution in [1.82, 2.24) is 14.8 Å². The van der Waals surface area contributed by atoms with Crippen molar-refractivity contribution in [3.8, 4) is 28.8 Å². The molecule has 0 aliphatic heterocycles. The molecular weight excluding hydrogens is 438 g/mol. The van der Waals surface area contributed by atoms with Crippen LogP contribution >= 0.6 is 11.8 Å². The molecule has 4 rings (SSSR count). The number of aliphatic hydroxyl groups excluding tert-OH is 1. The second kappa shape index (κ2) is 10.9. The molecule has 0 saturated carbocycles. The lowest BCUT2D eigenvalue weighted by Crippen LogP contribution is -2.20. The number of benzene rings is 2. The minimum atomic E-state index is -0.720. The van der Waals surface area contributed by atoms with Crippen LogP contribution in [0.15, 0.2) is 82.6 Å². The fraction of sp³-hybridized carbons (Fsp3) is 0.200. The highest BCUT2D eigenvalue weighted by atomic mass is 32.2. The van der Waals surface area contributed by atoms with Gasteiger partial charge in [-0.3, -0.25) is 4.57 Å². The molecular formula is C25H25N3O4S. The molecule has 1 N–H and O–H groups in total. The van der Waals surface area contributed by atoms with E-state index in [1.54, 1.807) is 13.4 Å². The van der Waals surface area contributed by atoms with Gasteiger partial charge in [-0.1, -0.05) is 48.2 Å². The predicted molar refractivity (Wildman–Crippen MR) is 129 cm³/mol. The fourth-order valence-electron chi connectivity index (χ4n) is 3.24. The lowest BCUT2D eigenvalue weighted by molar-refractivity contribution is 0.124. The van der Waals surface area contributed by atoms with Gasteiger partial charge in [-0.05, 0) is 48.9 Å². The number of thioether (sulfide) groups is 1. The molecule has 0 saturated heterocycles. The smallest absolute Gasteiger partial charge is 0.205 e. The highest BCUT2D eigenvalue weighted by Gasteiger charge is 2.19. The minimum Gasteiger partial charge on any atom is -0.493 e. The topological polar surface area (TPSA) is 82.5 Å². The van der Waals surface area contributed by atoms with Crippen LogP contribution in [0, 0.1) is 0 Å². The molecule has 0 radical (unpaired) electrons. The Hall–Kier alpha value is -3.49. The van der Waals surface area contributed by atoms with E-state index in [-0.39, 0.29) is 6.61 Å². The van der Waals surface area contributed by atoms with Gasteiger partial charge < -0.3 is 19.0 Å². The van der Waals surface area contributed by atoms with Crippen LogP contribution in [-0.4, -0.2) is 45.4 Å². The molecule has 1 atom stereocenters. The molecule has 8 heteroatoms. The summed E-state index contributed by atoms with van der Waals surface area (Å²) in [6.45, 7) is 2.08. The molecule has 0 aliphatic rings. The maximum absolute atomic E-state index is 10.6. The quantitative estimate of drug-likeness (QED) is 0.328. The molecule has 1 unspecified atom stereocenters. The first kappa shape index (κ1) is 22.7. The van der Waals surface area contributed by atoms with Gasteiger partial charge in [0.1, 0.15) is 6.61 Å². The van der Waals surface area contributed by atoms with Gasteiger partial charge in [0.05, 0.1) is 19.5 Å². The third-order valence-electron chi connectivity index (χ3n) is 4.77. The summed E-state index contributed by atoms with van der Waals surface area (Å²) in [5.74, 6) is 2.81. The van der Waals surface area contributed by atoms with Crippen molar-refractivity contribution in [2.24, 2.45) is 0 Å². The molecule has 7 nitrogen and oxygen atoms in total. The standard InChI is InChI=1S/C25H25N3O4S/c1-3-8-18-12-13-21(23(15-18)30-2)32-16-20(29)17-33-25-27-26-24(22-11-7-14-31-22)28(25)19-9-5-4-6-10-19/h3-15,20,29H,16-17H2,1-2H3/b8-3+. The van der Waals surface area contributed by atoms with Crippen molar-refractivity contribution in [2.75, 3.05) is 19.5 Å². The van der Waals surface area contributed by atoms with Crippen molar-refractivity contribution < 1.29 is 19.0 Å². The minimum absolute atomic E-state index is 0.122. The van der Waals surface area contributed by atoms with E-state index in [9.17, 15) is 5.11 Å². The molecule has 0 aliphatic carbocycles. The number of allylic oxidation sites excluding steroid dienone is 1. The van der Waals surface area contributed by atoms with E-state index in [2.05, 4.69) is 10.2 Å². The third kappa shape index (κ3) is 5.47. The summed E-state index contributed by atoms with van der Waals surface area (Å²) in [5.41, 5.74) is 1.93. The normalized spacial score (nSPS) is 12.2. The van der Waals surface area contributed by atoms with E-state index >= 15 is 0 Å². The van der Waals surface area contributed by atoms with Crippen LogP contribution in [-0.2, 0) is 0 Å². The lowest BCUT2D eigenvalue weighted by atomic mass is 10.2. The zero-order chi connectivity index (χ0) is 23.0. The summed E-state index contributed by atoms with van der Waals surface area (Å²) in [5, 5.41) is 19.9. The Morgan fingerprint density at radius 2 is 1.94 bits per heavy atom. The number of methoxy groups -OCH3 is 1. The number of hydrogen-bond donors (Lipinski definition) is 1. The number of nitrogens with zero attached hydrogens (tertiary/aromatic N) is 3. The largest absolute Gasteiger partial charge is 0.493 e. The fourth-order valence-corrected chi connectivity index (χ4v) is 4.10. The summed E-state index contributed by atoms with van der Waals surface area (Å²) in [7, 11) is 1.60. The number of hydrogen-bond acceptors (Lipinski definition) is 7. The molecule has 0 bridgehead atoms. The van der Waals surface area contributed by atoms with Gasteiger partial charge in [0.25, 0.3) is 0 Å². The molecule has 0 spiro atoms. The zero-order valence-electron chi connectivity index (χ0n) is 18.4. The average Bonchev–Trinajstić information content (AvgIpc) is 3.52. The Morgan fingerprint density at radius 1 is 1.09 bits per heavy atom. The van der Waals surface area contributed by atoms with E-state index in [0.29, 0.717) is 34.0 Å². The van der Waals surface area contributed by atoms with Crippen LogP contribution in [0.1, 0.15) is 12.5 Å². The molecule has 2 aromatic heterocycles. The van der Waals surface area contributed by atoms with Crippen molar-refractivity contribution in [2.45, 2.75) is 18.2 Å². The predicted octanol–water partition coefficient (Wildman–Crippen LogP) is 5.10.